The zero-order chi connectivity index (χ0) is 23.6. The Balaban J connectivity index is 1.83. The van der Waals surface area contributed by atoms with E-state index in [9.17, 15) is 19.2 Å². The molecule has 0 spiro atoms. The Kier molecular flexibility index (Phi) is 6.78. The minimum atomic E-state index is -0.942. The molecule has 9 heteroatoms. The van der Waals surface area contributed by atoms with Crippen molar-refractivity contribution in [2.45, 2.75) is 40.7 Å². The smallest absolute Gasteiger partial charge is 0.341 e. The lowest BCUT2D eigenvalue weighted by atomic mass is 10.1. The molecule has 3 rings (SSSR count). The van der Waals surface area contributed by atoms with Gasteiger partial charge in [0.2, 0.25) is 0 Å². The van der Waals surface area contributed by atoms with Gasteiger partial charge in [0.1, 0.15) is 16.3 Å². The van der Waals surface area contributed by atoms with Crippen LogP contribution < -0.4 is 15.7 Å². The van der Waals surface area contributed by atoms with Crippen molar-refractivity contribution >= 4 is 45.0 Å². The zero-order valence-corrected chi connectivity index (χ0v) is 19.2. The van der Waals surface area contributed by atoms with Gasteiger partial charge < -0.3 is 19.2 Å². The number of ketones is 1. The Morgan fingerprint density at radius 3 is 2.56 bits per heavy atom. The predicted molar refractivity (Wildman–Crippen MR) is 121 cm³/mol. The summed E-state index contributed by atoms with van der Waals surface area (Å²) >= 11 is 1.02. The van der Waals surface area contributed by atoms with E-state index in [-0.39, 0.29) is 23.0 Å². The SMILES string of the molecule is CCOC(=O)c1c(NC(=O)[C@@H](C)Oc2ccc3c(C)cc(=O)oc3c2)sc(C(C)=O)c1C. The number of rotatable bonds is 7. The molecule has 1 amide bonds. The fraction of sp³-hybridized carbons (Fsp3) is 0.304. The van der Waals surface area contributed by atoms with E-state index < -0.39 is 23.6 Å². The van der Waals surface area contributed by atoms with Gasteiger partial charge in [-0.3, -0.25) is 9.59 Å². The zero-order valence-electron chi connectivity index (χ0n) is 18.4. The fourth-order valence-electron chi connectivity index (χ4n) is 3.24. The van der Waals surface area contributed by atoms with Gasteiger partial charge >= 0.3 is 11.6 Å². The number of nitrogens with one attached hydrogen (secondary N) is 1. The van der Waals surface area contributed by atoms with E-state index in [2.05, 4.69) is 5.32 Å². The molecule has 1 aromatic carbocycles. The van der Waals surface area contributed by atoms with Crippen LogP contribution in [0.5, 0.6) is 5.75 Å². The number of esters is 1. The van der Waals surface area contributed by atoms with E-state index in [1.165, 1.54) is 13.0 Å². The second-order valence-corrected chi connectivity index (χ2v) is 8.21. The second kappa shape index (κ2) is 9.35. The van der Waals surface area contributed by atoms with Gasteiger partial charge in [-0.15, -0.1) is 11.3 Å². The number of thiophene rings is 1. The first-order valence-corrected chi connectivity index (χ1v) is 10.8. The van der Waals surface area contributed by atoms with Crippen LogP contribution in [0.1, 0.15) is 51.9 Å². The number of anilines is 1. The Hall–Kier alpha value is -3.46. The van der Waals surface area contributed by atoms with Gasteiger partial charge in [0.25, 0.3) is 5.91 Å². The number of aryl methyl sites for hydroxylation is 1. The molecular formula is C23H23NO7S. The summed E-state index contributed by atoms with van der Waals surface area (Å²) < 4.78 is 16.0. The number of benzene rings is 1. The number of hydrogen-bond donors (Lipinski definition) is 1. The summed E-state index contributed by atoms with van der Waals surface area (Å²) in [5, 5.41) is 3.66. The highest BCUT2D eigenvalue weighted by atomic mass is 32.1. The maximum absolute atomic E-state index is 12.8. The highest BCUT2D eigenvalue weighted by Gasteiger charge is 2.27. The number of ether oxygens (including phenoxy) is 2. The molecular weight excluding hydrogens is 434 g/mol. The first-order chi connectivity index (χ1) is 15.1. The van der Waals surface area contributed by atoms with Crippen molar-refractivity contribution in [1.82, 2.24) is 0 Å². The quantitative estimate of drug-likeness (QED) is 0.320. The molecule has 0 aliphatic carbocycles. The normalized spacial score (nSPS) is 11.8. The lowest BCUT2D eigenvalue weighted by Gasteiger charge is -2.15. The standard InChI is InChI=1S/C23H23NO7S/c1-6-29-23(28)19-12(3)20(13(4)25)32-22(19)24-21(27)14(5)30-15-7-8-16-11(2)9-18(26)31-17(16)10-15/h7-10,14H,6H2,1-5H3,(H,24,27)/t14-/m1/s1. The number of carbonyl (C=O) groups excluding carboxylic acids is 3. The van der Waals surface area contributed by atoms with Crippen LogP contribution in [0.15, 0.2) is 33.5 Å². The summed E-state index contributed by atoms with van der Waals surface area (Å²) in [4.78, 5) is 49.1. The molecule has 0 saturated carbocycles. The molecule has 0 saturated heterocycles. The predicted octanol–water partition coefficient (Wildman–Crippen LogP) is 4.26. The number of hydrogen-bond acceptors (Lipinski definition) is 8. The summed E-state index contributed by atoms with van der Waals surface area (Å²) in [6.45, 7) is 8.21. The van der Waals surface area contributed by atoms with E-state index >= 15 is 0 Å². The highest BCUT2D eigenvalue weighted by Crippen LogP contribution is 2.34. The van der Waals surface area contributed by atoms with E-state index in [0.29, 0.717) is 21.8 Å². The average Bonchev–Trinajstić information content (AvgIpc) is 3.03. The summed E-state index contributed by atoms with van der Waals surface area (Å²) in [6.07, 6.45) is -0.942. The van der Waals surface area contributed by atoms with E-state index in [4.69, 9.17) is 13.9 Å². The molecule has 1 N–H and O–H groups in total. The molecule has 0 fully saturated rings. The molecule has 32 heavy (non-hydrogen) atoms. The minimum Gasteiger partial charge on any atom is -0.481 e. The van der Waals surface area contributed by atoms with Crippen LogP contribution in [-0.2, 0) is 9.53 Å². The molecule has 1 atom stereocenters. The van der Waals surface area contributed by atoms with Gasteiger partial charge in [-0.1, -0.05) is 0 Å². The van der Waals surface area contributed by atoms with Crippen molar-refractivity contribution in [3.8, 4) is 5.75 Å². The van der Waals surface area contributed by atoms with E-state index in [1.54, 1.807) is 45.9 Å². The Bertz CT molecular complexity index is 1270. The van der Waals surface area contributed by atoms with Gasteiger partial charge in [0.05, 0.1) is 17.0 Å². The molecule has 2 heterocycles. The summed E-state index contributed by atoms with van der Waals surface area (Å²) in [7, 11) is 0. The Morgan fingerprint density at radius 1 is 1.19 bits per heavy atom. The molecule has 8 nitrogen and oxygen atoms in total. The number of amides is 1. The Labute approximate surface area is 188 Å². The molecule has 0 aliphatic rings. The maximum atomic E-state index is 12.8. The fourth-order valence-corrected chi connectivity index (χ4v) is 4.33. The van der Waals surface area contributed by atoms with Crippen LogP contribution in [0.4, 0.5) is 5.00 Å². The van der Waals surface area contributed by atoms with E-state index in [0.717, 1.165) is 22.3 Å². The highest BCUT2D eigenvalue weighted by molar-refractivity contribution is 7.18. The van der Waals surface area contributed by atoms with Crippen LogP contribution in [0.25, 0.3) is 11.0 Å². The van der Waals surface area contributed by atoms with Crippen molar-refractivity contribution in [3.63, 3.8) is 0 Å². The monoisotopic (exact) mass is 457 g/mol. The molecule has 0 radical (unpaired) electrons. The molecule has 3 aromatic rings. The largest absolute Gasteiger partial charge is 0.481 e. The third-order valence-corrected chi connectivity index (χ3v) is 6.10. The van der Waals surface area contributed by atoms with E-state index in [1.807, 2.05) is 0 Å². The van der Waals surface area contributed by atoms with Crippen molar-refractivity contribution in [1.29, 1.82) is 0 Å². The van der Waals surface area contributed by atoms with Gasteiger partial charge in [-0.25, -0.2) is 9.59 Å². The Morgan fingerprint density at radius 2 is 1.91 bits per heavy atom. The van der Waals surface area contributed by atoms with Crippen LogP contribution in [-0.4, -0.2) is 30.4 Å². The van der Waals surface area contributed by atoms with Gasteiger partial charge in [-0.05, 0) is 57.9 Å². The lowest BCUT2D eigenvalue weighted by Crippen LogP contribution is -2.30. The van der Waals surface area contributed by atoms with Crippen molar-refractivity contribution in [2.75, 3.05) is 11.9 Å². The van der Waals surface area contributed by atoms with Crippen LogP contribution in [0.2, 0.25) is 0 Å². The van der Waals surface area contributed by atoms with Gasteiger partial charge in [-0.2, -0.15) is 0 Å². The second-order valence-electron chi connectivity index (χ2n) is 7.19. The number of carbonyl (C=O) groups is 3. The summed E-state index contributed by atoms with van der Waals surface area (Å²) in [5.74, 6) is -1.00. The van der Waals surface area contributed by atoms with Crippen molar-refractivity contribution in [2.24, 2.45) is 0 Å². The van der Waals surface area contributed by atoms with Gasteiger partial charge in [0.15, 0.2) is 11.9 Å². The number of Topliss-reactive ketones (excluding diaryl/α,β-unsaturated/α-hetero) is 1. The number of fused-ring (bicyclic) bond motifs is 1. The maximum Gasteiger partial charge on any atom is 0.341 e. The van der Waals surface area contributed by atoms with Crippen molar-refractivity contribution < 1.29 is 28.3 Å². The van der Waals surface area contributed by atoms with Crippen LogP contribution in [0, 0.1) is 13.8 Å². The average molecular weight is 458 g/mol. The van der Waals surface area contributed by atoms with Crippen LogP contribution in [0.3, 0.4) is 0 Å². The molecule has 0 unspecified atom stereocenters. The summed E-state index contributed by atoms with van der Waals surface area (Å²) in [6, 6.07) is 6.36. The first-order valence-electron chi connectivity index (χ1n) is 9.95. The molecule has 2 aromatic heterocycles. The third-order valence-electron chi connectivity index (χ3n) is 4.79. The topological polar surface area (TPSA) is 112 Å². The molecule has 0 bridgehead atoms. The van der Waals surface area contributed by atoms with Crippen molar-refractivity contribution in [3.05, 3.63) is 56.3 Å². The molecule has 0 aliphatic heterocycles. The minimum absolute atomic E-state index is 0.158. The first kappa shape index (κ1) is 23.2. The van der Waals surface area contributed by atoms with Gasteiger partial charge in [0, 0.05) is 17.5 Å². The lowest BCUT2D eigenvalue weighted by molar-refractivity contribution is -0.122. The summed E-state index contributed by atoms with van der Waals surface area (Å²) in [5.41, 5.74) is 1.27. The molecule has 168 valence electrons. The third kappa shape index (κ3) is 4.72. The van der Waals surface area contributed by atoms with Crippen LogP contribution >= 0.6 is 11.3 Å².